The Bertz CT molecular complexity index is 477. The van der Waals surface area contributed by atoms with E-state index in [0.717, 1.165) is 36.7 Å². The van der Waals surface area contributed by atoms with Crippen LogP contribution < -0.4 is 5.32 Å². The van der Waals surface area contributed by atoms with Crippen molar-refractivity contribution in [1.82, 2.24) is 19.5 Å². The highest BCUT2D eigenvalue weighted by molar-refractivity contribution is 5.34. The molecule has 5 nitrogen and oxygen atoms in total. The van der Waals surface area contributed by atoms with Crippen LogP contribution in [0, 0.1) is 0 Å². The number of rotatable bonds is 5. The van der Waals surface area contributed by atoms with Crippen molar-refractivity contribution in [1.29, 1.82) is 0 Å². The van der Waals surface area contributed by atoms with Crippen LogP contribution in [0.25, 0.3) is 0 Å². The Morgan fingerprint density at radius 2 is 2.18 bits per heavy atom. The summed E-state index contributed by atoms with van der Waals surface area (Å²) in [5, 5.41) is 3.28. The van der Waals surface area contributed by atoms with Crippen LogP contribution in [-0.4, -0.2) is 26.1 Å². The summed E-state index contributed by atoms with van der Waals surface area (Å²) in [7, 11) is 2.00. The second-order valence-electron chi connectivity index (χ2n) is 3.88. The molecule has 0 fully saturated rings. The Kier molecular flexibility index (Phi) is 3.69. The number of hydrogen-bond acceptors (Lipinski definition) is 4. The van der Waals surface area contributed by atoms with Crippen molar-refractivity contribution in [3.05, 3.63) is 36.3 Å². The molecule has 0 spiro atoms. The molecule has 0 saturated carbocycles. The molecule has 90 valence electrons. The third kappa shape index (κ3) is 3.03. The van der Waals surface area contributed by atoms with Crippen LogP contribution in [-0.2, 0) is 19.9 Å². The largest absolute Gasteiger partial charge is 0.370 e. The molecule has 0 aliphatic carbocycles. The molecule has 2 aromatic rings. The molecule has 0 aliphatic heterocycles. The molecule has 0 aromatic carbocycles. The monoisotopic (exact) mass is 231 g/mol. The van der Waals surface area contributed by atoms with E-state index < -0.39 is 0 Å². The van der Waals surface area contributed by atoms with E-state index in [2.05, 4.69) is 27.2 Å². The first kappa shape index (κ1) is 11.6. The molecule has 0 unspecified atom stereocenters. The van der Waals surface area contributed by atoms with Crippen molar-refractivity contribution >= 4 is 5.82 Å². The smallest absolute Gasteiger partial charge is 0.129 e. The summed E-state index contributed by atoms with van der Waals surface area (Å²) in [5.41, 5.74) is 1.06. The number of nitrogens with zero attached hydrogens (tertiary/aromatic N) is 4. The standard InChI is InChI=1S/C12H17N5/c1-3-10-8-11(16-9-15-10)13-5-4-12-14-6-7-17(12)2/h6-9H,3-5H2,1-2H3,(H,13,15,16). The van der Waals surface area contributed by atoms with E-state index in [0.29, 0.717) is 0 Å². The SMILES string of the molecule is CCc1cc(NCCc2nccn2C)ncn1. The first-order valence-electron chi connectivity index (χ1n) is 5.80. The van der Waals surface area contributed by atoms with E-state index in [1.165, 1.54) is 0 Å². The predicted octanol–water partition coefficient (Wildman–Crippen LogP) is 1.43. The van der Waals surface area contributed by atoms with E-state index in [9.17, 15) is 0 Å². The number of hydrogen-bond donors (Lipinski definition) is 1. The van der Waals surface area contributed by atoms with Gasteiger partial charge < -0.3 is 9.88 Å². The van der Waals surface area contributed by atoms with Crippen LogP contribution in [0.4, 0.5) is 5.82 Å². The minimum Gasteiger partial charge on any atom is -0.370 e. The molecule has 2 heterocycles. The van der Waals surface area contributed by atoms with Crippen LogP contribution in [0.15, 0.2) is 24.8 Å². The van der Waals surface area contributed by atoms with E-state index in [1.54, 1.807) is 6.33 Å². The number of imidazole rings is 1. The quantitative estimate of drug-likeness (QED) is 0.845. The molecule has 5 heteroatoms. The van der Waals surface area contributed by atoms with Gasteiger partial charge in [-0.25, -0.2) is 15.0 Å². The summed E-state index contributed by atoms with van der Waals surface area (Å²) < 4.78 is 2.03. The fourth-order valence-electron chi connectivity index (χ4n) is 1.63. The zero-order chi connectivity index (χ0) is 12.1. The molecule has 0 radical (unpaired) electrons. The van der Waals surface area contributed by atoms with Crippen molar-refractivity contribution in [3.63, 3.8) is 0 Å². The average Bonchev–Trinajstić information content (AvgIpc) is 2.76. The van der Waals surface area contributed by atoms with Gasteiger partial charge in [0.05, 0.1) is 0 Å². The van der Waals surface area contributed by atoms with Gasteiger partial charge in [0.25, 0.3) is 0 Å². The Balaban J connectivity index is 1.87. The van der Waals surface area contributed by atoms with Gasteiger partial charge in [0.15, 0.2) is 0 Å². The third-order valence-electron chi connectivity index (χ3n) is 2.66. The normalized spacial score (nSPS) is 10.5. The third-order valence-corrected chi connectivity index (χ3v) is 2.66. The lowest BCUT2D eigenvalue weighted by molar-refractivity contribution is 0.788. The zero-order valence-corrected chi connectivity index (χ0v) is 10.2. The highest BCUT2D eigenvalue weighted by Gasteiger charge is 2.00. The highest BCUT2D eigenvalue weighted by atomic mass is 15.0. The fourth-order valence-corrected chi connectivity index (χ4v) is 1.63. The first-order valence-corrected chi connectivity index (χ1v) is 5.80. The van der Waals surface area contributed by atoms with Crippen LogP contribution >= 0.6 is 0 Å². The van der Waals surface area contributed by atoms with Crippen molar-refractivity contribution in [2.45, 2.75) is 19.8 Å². The van der Waals surface area contributed by atoms with Crippen molar-refractivity contribution in [2.24, 2.45) is 7.05 Å². The molecule has 1 N–H and O–H groups in total. The summed E-state index contributed by atoms with van der Waals surface area (Å²) in [4.78, 5) is 12.6. The van der Waals surface area contributed by atoms with Gasteiger partial charge in [0, 0.05) is 44.2 Å². The van der Waals surface area contributed by atoms with Gasteiger partial charge in [0.1, 0.15) is 18.0 Å². The number of aryl methyl sites for hydroxylation is 2. The van der Waals surface area contributed by atoms with E-state index in [-0.39, 0.29) is 0 Å². The minimum absolute atomic E-state index is 0.824. The zero-order valence-electron chi connectivity index (χ0n) is 10.2. The van der Waals surface area contributed by atoms with Gasteiger partial charge >= 0.3 is 0 Å². The first-order chi connectivity index (χ1) is 8.29. The van der Waals surface area contributed by atoms with Crippen LogP contribution in [0.5, 0.6) is 0 Å². The van der Waals surface area contributed by atoms with Gasteiger partial charge in [-0.2, -0.15) is 0 Å². The van der Waals surface area contributed by atoms with Gasteiger partial charge in [-0.3, -0.25) is 0 Å². The summed E-state index contributed by atoms with van der Waals surface area (Å²) in [6.45, 7) is 2.91. The summed E-state index contributed by atoms with van der Waals surface area (Å²) >= 11 is 0. The molecule has 2 aromatic heterocycles. The van der Waals surface area contributed by atoms with E-state index in [1.807, 2.05) is 30.1 Å². The Labute approximate surface area is 101 Å². The average molecular weight is 231 g/mol. The summed E-state index contributed by atoms with van der Waals surface area (Å²) in [6.07, 6.45) is 7.18. The maximum atomic E-state index is 4.27. The van der Waals surface area contributed by atoms with Crippen LogP contribution in [0.3, 0.4) is 0 Å². The lowest BCUT2D eigenvalue weighted by Crippen LogP contribution is -2.10. The van der Waals surface area contributed by atoms with Crippen molar-refractivity contribution in [3.8, 4) is 0 Å². The molecule has 2 rings (SSSR count). The molecule has 0 amide bonds. The Hall–Kier alpha value is -1.91. The number of nitrogens with one attached hydrogen (secondary N) is 1. The second kappa shape index (κ2) is 5.43. The topological polar surface area (TPSA) is 55.6 Å². The molecule has 0 saturated heterocycles. The van der Waals surface area contributed by atoms with Crippen molar-refractivity contribution in [2.75, 3.05) is 11.9 Å². The molecule has 0 aliphatic rings. The molecule has 0 atom stereocenters. The highest BCUT2D eigenvalue weighted by Crippen LogP contribution is 2.04. The molecule has 17 heavy (non-hydrogen) atoms. The molecular formula is C12H17N5. The van der Waals surface area contributed by atoms with E-state index >= 15 is 0 Å². The fraction of sp³-hybridized carbons (Fsp3) is 0.417. The van der Waals surface area contributed by atoms with Crippen molar-refractivity contribution < 1.29 is 0 Å². The van der Waals surface area contributed by atoms with Gasteiger partial charge in [-0.15, -0.1) is 0 Å². The summed E-state index contributed by atoms with van der Waals surface area (Å²) in [5.74, 6) is 1.95. The lowest BCUT2D eigenvalue weighted by atomic mass is 10.3. The maximum absolute atomic E-state index is 4.27. The second-order valence-corrected chi connectivity index (χ2v) is 3.88. The van der Waals surface area contributed by atoms with Gasteiger partial charge in [-0.05, 0) is 6.42 Å². The van der Waals surface area contributed by atoms with Gasteiger partial charge in [-0.1, -0.05) is 6.92 Å². The maximum Gasteiger partial charge on any atom is 0.129 e. The minimum atomic E-state index is 0.824. The predicted molar refractivity (Wildman–Crippen MR) is 66.8 cm³/mol. The Morgan fingerprint density at radius 1 is 1.29 bits per heavy atom. The van der Waals surface area contributed by atoms with Crippen LogP contribution in [0.1, 0.15) is 18.4 Å². The van der Waals surface area contributed by atoms with Crippen LogP contribution in [0.2, 0.25) is 0 Å². The number of anilines is 1. The molecular weight excluding hydrogens is 214 g/mol. The summed E-state index contributed by atoms with van der Waals surface area (Å²) in [6, 6.07) is 1.98. The molecule has 0 bridgehead atoms. The lowest BCUT2D eigenvalue weighted by Gasteiger charge is -2.06. The van der Waals surface area contributed by atoms with Gasteiger partial charge in [0.2, 0.25) is 0 Å². The Morgan fingerprint density at radius 3 is 2.88 bits per heavy atom. The van der Waals surface area contributed by atoms with E-state index in [4.69, 9.17) is 0 Å². The number of aromatic nitrogens is 4.